The molecule has 74 valence electrons. The average molecular weight is 199 g/mol. The molecule has 0 aromatic heterocycles. The topological polar surface area (TPSA) is 38.7 Å². The molecule has 0 spiro atoms. The second-order valence-electron chi connectivity index (χ2n) is 2.48. The van der Waals surface area contributed by atoms with Gasteiger partial charge in [-0.3, -0.25) is 0 Å². The third-order valence-corrected chi connectivity index (χ3v) is 1.60. The van der Waals surface area contributed by atoms with Crippen LogP contribution < -0.4 is 4.74 Å². The summed E-state index contributed by atoms with van der Waals surface area (Å²) in [6, 6.07) is 1.63. The van der Waals surface area contributed by atoms with Crippen LogP contribution in [0.15, 0.2) is 29.3 Å². The van der Waals surface area contributed by atoms with Crippen LogP contribution in [-0.2, 0) is 10.8 Å². The molecule has 0 unspecified atom stereocenters. The van der Waals surface area contributed by atoms with Crippen molar-refractivity contribution < 1.29 is 18.3 Å². The molecular formula is C9H7F2NO2. The van der Waals surface area contributed by atoms with Gasteiger partial charge in [-0.15, -0.1) is 4.99 Å². The summed E-state index contributed by atoms with van der Waals surface area (Å²) in [5, 5.41) is 0. The molecule has 0 saturated carbocycles. The summed E-state index contributed by atoms with van der Waals surface area (Å²) < 4.78 is 30.7. The highest BCUT2D eigenvalue weighted by molar-refractivity contribution is 5.37. The Morgan fingerprint density at radius 2 is 2.21 bits per heavy atom. The van der Waals surface area contributed by atoms with Crippen LogP contribution in [0.3, 0.4) is 0 Å². The van der Waals surface area contributed by atoms with E-state index in [4.69, 9.17) is 4.74 Å². The molecule has 0 fully saturated rings. The van der Waals surface area contributed by atoms with Crippen molar-refractivity contribution in [1.82, 2.24) is 0 Å². The first-order chi connectivity index (χ1) is 6.60. The molecule has 1 aromatic rings. The van der Waals surface area contributed by atoms with Gasteiger partial charge >= 0.3 is 6.05 Å². The molecule has 0 atom stereocenters. The van der Waals surface area contributed by atoms with Crippen molar-refractivity contribution in [2.45, 2.75) is 6.05 Å². The van der Waals surface area contributed by atoms with E-state index in [1.807, 2.05) is 0 Å². The molecule has 0 heterocycles. The highest BCUT2D eigenvalue weighted by Gasteiger charge is 2.31. The maximum Gasteiger partial charge on any atom is 0.379 e. The van der Waals surface area contributed by atoms with Crippen molar-refractivity contribution in [1.29, 1.82) is 0 Å². The number of hydrogen-bond donors (Lipinski definition) is 0. The molecule has 0 aliphatic heterocycles. The van der Waals surface area contributed by atoms with Gasteiger partial charge in [0.2, 0.25) is 6.08 Å². The van der Waals surface area contributed by atoms with Gasteiger partial charge in [-0.05, 0) is 12.1 Å². The second kappa shape index (κ2) is 3.98. The first-order valence-electron chi connectivity index (χ1n) is 3.71. The van der Waals surface area contributed by atoms with Crippen LogP contribution >= 0.6 is 0 Å². The van der Waals surface area contributed by atoms with Crippen molar-refractivity contribution in [2.75, 3.05) is 7.11 Å². The SMILES string of the molecule is COc1cccc(C(F)(F)N=C=O)c1. The summed E-state index contributed by atoms with van der Waals surface area (Å²) >= 11 is 0. The normalized spacial score (nSPS) is 10.5. The summed E-state index contributed by atoms with van der Waals surface area (Å²) in [6.07, 6.45) is 0.828. The van der Waals surface area contributed by atoms with Gasteiger partial charge in [0.25, 0.3) is 0 Å². The highest BCUT2D eigenvalue weighted by atomic mass is 19.3. The number of methoxy groups -OCH3 is 1. The summed E-state index contributed by atoms with van der Waals surface area (Å²) in [6.45, 7) is 0. The Kier molecular flexibility index (Phi) is 2.94. The third kappa shape index (κ3) is 2.14. The third-order valence-electron chi connectivity index (χ3n) is 1.60. The minimum Gasteiger partial charge on any atom is -0.497 e. The molecule has 0 bridgehead atoms. The molecule has 3 nitrogen and oxygen atoms in total. The smallest absolute Gasteiger partial charge is 0.379 e. The maximum atomic E-state index is 13.0. The Balaban J connectivity index is 3.11. The molecular weight excluding hydrogens is 192 g/mol. The summed E-state index contributed by atoms with van der Waals surface area (Å²) in [7, 11) is 1.36. The van der Waals surface area contributed by atoms with E-state index in [0.29, 0.717) is 0 Å². The van der Waals surface area contributed by atoms with Crippen LogP contribution in [-0.4, -0.2) is 13.2 Å². The van der Waals surface area contributed by atoms with Crippen LogP contribution in [0, 0.1) is 0 Å². The number of isocyanates is 1. The number of aliphatic imine (C=N–C) groups is 1. The molecule has 1 aromatic carbocycles. The van der Waals surface area contributed by atoms with Gasteiger partial charge in [0.1, 0.15) is 5.75 Å². The number of benzene rings is 1. The lowest BCUT2D eigenvalue weighted by Crippen LogP contribution is -2.09. The minimum atomic E-state index is -3.55. The second-order valence-corrected chi connectivity index (χ2v) is 2.48. The molecule has 14 heavy (non-hydrogen) atoms. The van der Waals surface area contributed by atoms with E-state index in [2.05, 4.69) is 4.99 Å². The van der Waals surface area contributed by atoms with E-state index >= 15 is 0 Å². The summed E-state index contributed by atoms with van der Waals surface area (Å²) in [5.74, 6) is 0.281. The van der Waals surface area contributed by atoms with Gasteiger partial charge in [0.15, 0.2) is 0 Å². The van der Waals surface area contributed by atoms with Crippen molar-refractivity contribution in [3.05, 3.63) is 29.8 Å². The Labute approximate surface area is 79.0 Å². The molecule has 0 aliphatic carbocycles. The van der Waals surface area contributed by atoms with E-state index in [1.54, 1.807) is 0 Å². The first-order valence-corrected chi connectivity index (χ1v) is 3.71. The Morgan fingerprint density at radius 1 is 1.50 bits per heavy atom. The predicted molar refractivity (Wildman–Crippen MR) is 45.0 cm³/mol. The standard InChI is InChI=1S/C9H7F2NO2/c1-14-8-4-2-3-7(5-8)9(10,11)12-6-13/h2-5H,1H3. The lowest BCUT2D eigenvalue weighted by Gasteiger charge is -2.09. The van der Waals surface area contributed by atoms with Gasteiger partial charge in [-0.2, -0.15) is 8.78 Å². The van der Waals surface area contributed by atoms with Gasteiger partial charge in [-0.1, -0.05) is 12.1 Å². The highest BCUT2D eigenvalue weighted by Crippen LogP contribution is 2.30. The lowest BCUT2D eigenvalue weighted by molar-refractivity contribution is 0.00597. The number of carbonyl (C=O) groups excluding carboxylic acids is 1. The van der Waals surface area contributed by atoms with Gasteiger partial charge in [-0.25, -0.2) is 4.79 Å². The zero-order valence-corrected chi connectivity index (χ0v) is 7.33. The number of alkyl halides is 2. The fourth-order valence-corrected chi connectivity index (χ4v) is 0.932. The zero-order chi connectivity index (χ0) is 10.6. The van der Waals surface area contributed by atoms with Gasteiger partial charge in [0.05, 0.1) is 7.11 Å². The molecule has 0 amide bonds. The molecule has 0 N–H and O–H groups in total. The van der Waals surface area contributed by atoms with E-state index in [0.717, 1.165) is 18.2 Å². The average Bonchev–Trinajstić information content (AvgIpc) is 2.18. The van der Waals surface area contributed by atoms with E-state index in [-0.39, 0.29) is 5.75 Å². The van der Waals surface area contributed by atoms with Crippen molar-refractivity contribution in [3.8, 4) is 5.75 Å². The monoisotopic (exact) mass is 199 g/mol. The maximum absolute atomic E-state index is 13.0. The van der Waals surface area contributed by atoms with Gasteiger partial charge in [0, 0.05) is 5.56 Å². The van der Waals surface area contributed by atoms with Gasteiger partial charge < -0.3 is 4.74 Å². The van der Waals surface area contributed by atoms with Crippen LogP contribution in [0.25, 0.3) is 0 Å². The fraction of sp³-hybridized carbons (Fsp3) is 0.222. The van der Waals surface area contributed by atoms with Crippen molar-refractivity contribution in [2.24, 2.45) is 4.99 Å². The lowest BCUT2D eigenvalue weighted by atomic mass is 10.2. The predicted octanol–water partition coefficient (Wildman–Crippen LogP) is 2.08. The summed E-state index contributed by atoms with van der Waals surface area (Å²) in [5.41, 5.74) is -0.403. The summed E-state index contributed by atoms with van der Waals surface area (Å²) in [4.78, 5) is 12.2. The minimum absolute atomic E-state index is 0.281. The molecule has 0 radical (unpaired) electrons. The first kappa shape index (κ1) is 10.3. The molecule has 0 aliphatic rings. The van der Waals surface area contributed by atoms with E-state index < -0.39 is 11.6 Å². The quantitative estimate of drug-likeness (QED) is 0.424. The van der Waals surface area contributed by atoms with Crippen molar-refractivity contribution in [3.63, 3.8) is 0 Å². The number of halogens is 2. The largest absolute Gasteiger partial charge is 0.497 e. The molecule has 1 rings (SSSR count). The van der Waals surface area contributed by atoms with Crippen LogP contribution in [0.2, 0.25) is 0 Å². The number of ether oxygens (including phenoxy) is 1. The zero-order valence-electron chi connectivity index (χ0n) is 7.33. The number of nitrogens with zero attached hydrogens (tertiary/aromatic N) is 1. The van der Waals surface area contributed by atoms with E-state index in [1.165, 1.54) is 19.2 Å². The van der Waals surface area contributed by atoms with Crippen LogP contribution in [0.1, 0.15) is 5.56 Å². The van der Waals surface area contributed by atoms with Crippen LogP contribution in [0.5, 0.6) is 5.75 Å². The Hall–Kier alpha value is -1.74. The van der Waals surface area contributed by atoms with E-state index in [9.17, 15) is 13.6 Å². The fourth-order valence-electron chi connectivity index (χ4n) is 0.932. The number of rotatable bonds is 3. The Bertz CT molecular complexity index is 373. The van der Waals surface area contributed by atoms with Crippen LogP contribution in [0.4, 0.5) is 8.78 Å². The Morgan fingerprint density at radius 3 is 2.79 bits per heavy atom. The number of hydrogen-bond acceptors (Lipinski definition) is 3. The molecule has 5 heteroatoms. The van der Waals surface area contributed by atoms with Crippen molar-refractivity contribution >= 4 is 6.08 Å². The molecule has 0 saturated heterocycles.